The third-order valence-electron chi connectivity index (χ3n) is 5.42. The van der Waals surface area contributed by atoms with Gasteiger partial charge in [0.15, 0.2) is 5.58 Å². The van der Waals surface area contributed by atoms with Gasteiger partial charge < -0.3 is 20.2 Å². The van der Waals surface area contributed by atoms with Gasteiger partial charge in [0.1, 0.15) is 11.6 Å². The van der Waals surface area contributed by atoms with Gasteiger partial charge in [-0.15, -0.1) is 0 Å². The highest BCUT2D eigenvalue weighted by Crippen LogP contribution is 2.29. The Morgan fingerprint density at radius 2 is 1.66 bits per heavy atom. The lowest BCUT2D eigenvalue weighted by atomic mass is 9.86. The number of aliphatic carboxylic acids is 1. The lowest BCUT2D eigenvalue weighted by Gasteiger charge is -2.27. The second-order valence-corrected chi connectivity index (χ2v) is 9.98. The number of nitrogens with zero attached hydrogens (tertiary/aromatic N) is 1. The number of rotatable bonds is 6. The van der Waals surface area contributed by atoms with E-state index in [4.69, 9.17) is 27.6 Å². The van der Waals surface area contributed by atoms with Crippen LogP contribution in [0.25, 0.3) is 22.2 Å². The molecule has 0 spiro atoms. The van der Waals surface area contributed by atoms with Gasteiger partial charge in [-0.1, -0.05) is 62.2 Å². The van der Waals surface area contributed by atoms with Crippen molar-refractivity contribution in [2.45, 2.75) is 26.8 Å². The number of carboxylic acids is 1. The molecule has 0 aliphatic heterocycles. The summed E-state index contributed by atoms with van der Waals surface area (Å²) in [5.41, 5.74) is 3.30. The van der Waals surface area contributed by atoms with Gasteiger partial charge in [0.05, 0.1) is 10.6 Å². The van der Waals surface area contributed by atoms with E-state index in [0.717, 1.165) is 16.8 Å². The molecular weight excluding hydrogens is 489 g/mol. The molecule has 1 aromatic heterocycles. The zero-order valence-corrected chi connectivity index (χ0v) is 20.7. The van der Waals surface area contributed by atoms with Crippen LogP contribution in [0.2, 0.25) is 10.0 Å². The summed E-state index contributed by atoms with van der Waals surface area (Å²) in [6, 6.07) is 17.1. The Morgan fingerprint density at radius 3 is 2.29 bits per heavy atom. The van der Waals surface area contributed by atoms with Crippen molar-refractivity contribution >= 4 is 57.9 Å². The molecule has 0 radical (unpaired) electrons. The molecule has 0 aliphatic carbocycles. The van der Waals surface area contributed by atoms with Crippen LogP contribution in [0.5, 0.6) is 0 Å². The molecule has 1 amide bonds. The molecule has 0 aliphatic rings. The Hall–Kier alpha value is -3.55. The zero-order valence-electron chi connectivity index (χ0n) is 19.2. The average molecular weight is 512 g/mol. The van der Waals surface area contributed by atoms with Crippen LogP contribution in [0.4, 0.5) is 11.7 Å². The van der Waals surface area contributed by atoms with Gasteiger partial charge in [-0.2, -0.15) is 4.98 Å². The lowest BCUT2D eigenvalue weighted by molar-refractivity contribution is -0.142. The minimum Gasteiger partial charge on any atom is -0.480 e. The predicted octanol–water partition coefficient (Wildman–Crippen LogP) is 6.77. The van der Waals surface area contributed by atoms with Crippen molar-refractivity contribution in [3.63, 3.8) is 0 Å². The summed E-state index contributed by atoms with van der Waals surface area (Å²) < 4.78 is 5.68. The van der Waals surface area contributed by atoms with Crippen molar-refractivity contribution in [3.8, 4) is 11.1 Å². The molecule has 0 saturated heterocycles. The number of benzene rings is 3. The highest BCUT2D eigenvalue weighted by molar-refractivity contribution is 6.34. The number of halogens is 2. The molecule has 0 saturated carbocycles. The number of hydrogen-bond acceptors (Lipinski definition) is 5. The first-order valence-electron chi connectivity index (χ1n) is 10.8. The number of aromatic nitrogens is 1. The standard InChI is InChI=1S/C26H23Cl2N3O4/c1-26(2,3)22(24(33)34)31-23(32)18-10-6-15(12-19(18)28)14-4-8-17(9-5-14)29-25-30-20-13-16(27)7-11-21(20)35-25/h4-13,22H,1-3H3,(H,29,30)(H,31,32)(H,33,34)/t22-/m1/s1. The van der Waals surface area contributed by atoms with Crippen LogP contribution in [0.1, 0.15) is 31.1 Å². The highest BCUT2D eigenvalue weighted by atomic mass is 35.5. The summed E-state index contributed by atoms with van der Waals surface area (Å²) in [6.45, 7) is 5.24. The first-order valence-corrected chi connectivity index (χ1v) is 11.5. The van der Waals surface area contributed by atoms with Gasteiger partial charge in [0.25, 0.3) is 11.9 Å². The molecule has 3 aromatic carbocycles. The fourth-order valence-corrected chi connectivity index (χ4v) is 3.99. The molecule has 9 heteroatoms. The van der Waals surface area contributed by atoms with E-state index >= 15 is 0 Å². The van der Waals surface area contributed by atoms with Crippen LogP contribution >= 0.6 is 23.2 Å². The highest BCUT2D eigenvalue weighted by Gasteiger charge is 2.33. The Balaban J connectivity index is 1.49. The topological polar surface area (TPSA) is 104 Å². The third kappa shape index (κ3) is 5.58. The molecule has 4 aromatic rings. The molecule has 35 heavy (non-hydrogen) atoms. The van der Waals surface area contributed by atoms with Crippen molar-refractivity contribution in [3.05, 3.63) is 76.3 Å². The van der Waals surface area contributed by atoms with Crippen LogP contribution in [0.3, 0.4) is 0 Å². The second-order valence-electron chi connectivity index (χ2n) is 9.14. The van der Waals surface area contributed by atoms with E-state index in [1.54, 1.807) is 57.2 Å². The Bertz CT molecular complexity index is 1410. The summed E-state index contributed by atoms with van der Waals surface area (Å²) in [5.74, 6) is -1.64. The largest absolute Gasteiger partial charge is 0.480 e. The monoisotopic (exact) mass is 511 g/mol. The maximum Gasteiger partial charge on any atom is 0.326 e. The number of oxazole rings is 1. The molecule has 180 valence electrons. The first-order chi connectivity index (χ1) is 16.5. The second kappa shape index (κ2) is 9.60. The third-order valence-corrected chi connectivity index (χ3v) is 5.97. The smallest absolute Gasteiger partial charge is 0.326 e. The van der Waals surface area contributed by atoms with Gasteiger partial charge in [0, 0.05) is 10.7 Å². The number of anilines is 2. The maximum atomic E-state index is 12.7. The van der Waals surface area contributed by atoms with Crippen molar-refractivity contribution in [1.82, 2.24) is 10.3 Å². The predicted molar refractivity (Wildman–Crippen MR) is 138 cm³/mol. The number of amides is 1. The summed E-state index contributed by atoms with van der Waals surface area (Å²) in [5, 5.41) is 16.0. The summed E-state index contributed by atoms with van der Waals surface area (Å²) in [7, 11) is 0. The van der Waals surface area contributed by atoms with Crippen LogP contribution in [0.15, 0.2) is 65.1 Å². The Morgan fingerprint density at radius 1 is 0.971 bits per heavy atom. The van der Waals surface area contributed by atoms with Gasteiger partial charge in [-0.3, -0.25) is 4.79 Å². The fraction of sp³-hybridized carbons (Fsp3) is 0.192. The normalized spacial score (nSPS) is 12.4. The maximum absolute atomic E-state index is 12.7. The molecule has 1 heterocycles. The Kier molecular flexibility index (Phi) is 6.74. The zero-order chi connectivity index (χ0) is 25.3. The summed E-state index contributed by atoms with van der Waals surface area (Å²) >= 11 is 12.4. The van der Waals surface area contributed by atoms with E-state index in [2.05, 4.69) is 15.6 Å². The van der Waals surface area contributed by atoms with Crippen molar-refractivity contribution in [1.29, 1.82) is 0 Å². The van der Waals surface area contributed by atoms with E-state index in [1.165, 1.54) is 0 Å². The molecular formula is C26H23Cl2N3O4. The van der Waals surface area contributed by atoms with E-state index in [0.29, 0.717) is 22.1 Å². The first kappa shape index (κ1) is 24.6. The molecule has 7 nitrogen and oxygen atoms in total. The lowest BCUT2D eigenvalue weighted by Crippen LogP contribution is -2.49. The number of carboxylic acid groups (broad SMARTS) is 1. The number of fused-ring (bicyclic) bond motifs is 1. The van der Waals surface area contributed by atoms with Gasteiger partial charge in [-0.25, -0.2) is 4.79 Å². The van der Waals surface area contributed by atoms with Crippen molar-refractivity contribution in [2.24, 2.45) is 5.41 Å². The number of nitrogens with one attached hydrogen (secondary N) is 2. The summed E-state index contributed by atoms with van der Waals surface area (Å²) in [4.78, 5) is 28.6. The van der Waals surface area contributed by atoms with E-state index in [1.807, 2.05) is 24.3 Å². The van der Waals surface area contributed by atoms with E-state index in [9.17, 15) is 14.7 Å². The minimum atomic E-state index is -1.10. The molecule has 0 bridgehead atoms. The van der Waals surface area contributed by atoms with Crippen molar-refractivity contribution < 1.29 is 19.1 Å². The fourth-order valence-electron chi connectivity index (χ4n) is 3.56. The van der Waals surface area contributed by atoms with Crippen LogP contribution in [-0.2, 0) is 4.79 Å². The number of carbonyl (C=O) groups is 2. The minimum absolute atomic E-state index is 0.209. The van der Waals surface area contributed by atoms with Gasteiger partial charge in [-0.05, 0) is 59.0 Å². The molecule has 0 unspecified atom stereocenters. The number of carbonyl (C=O) groups excluding carboxylic acids is 1. The van der Waals surface area contributed by atoms with Gasteiger partial charge in [0.2, 0.25) is 0 Å². The van der Waals surface area contributed by atoms with Crippen LogP contribution < -0.4 is 10.6 Å². The molecule has 1 atom stereocenters. The SMILES string of the molecule is CC(C)(C)[C@H](NC(=O)c1ccc(-c2ccc(Nc3nc4cc(Cl)ccc4o3)cc2)cc1Cl)C(=O)O. The quantitative estimate of drug-likeness (QED) is 0.263. The molecule has 0 fully saturated rings. The van der Waals surface area contributed by atoms with E-state index < -0.39 is 23.3 Å². The molecule has 4 rings (SSSR count). The average Bonchev–Trinajstić information content (AvgIpc) is 3.18. The summed E-state index contributed by atoms with van der Waals surface area (Å²) in [6.07, 6.45) is 0. The Labute approximate surface area is 212 Å². The van der Waals surface area contributed by atoms with Gasteiger partial charge >= 0.3 is 5.97 Å². The van der Waals surface area contributed by atoms with Crippen molar-refractivity contribution in [2.75, 3.05) is 5.32 Å². The molecule has 3 N–H and O–H groups in total. The number of hydrogen-bond donors (Lipinski definition) is 3. The van der Waals surface area contributed by atoms with E-state index in [-0.39, 0.29) is 10.6 Å². The van der Waals surface area contributed by atoms with Crippen LogP contribution in [-0.4, -0.2) is 28.0 Å². The van der Waals surface area contributed by atoms with Crippen LogP contribution in [0, 0.1) is 5.41 Å².